The molecule has 0 aromatic rings. The van der Waals surface area contributed by atoms with Crippen molar-refractivity contribution in [3.8, 4) is 6.07 Å². The van der Waals surface area contributed by atoms with E-state index in [2.05, 4.69) is 0 Å². The van der Waals surface area contributed by atoms with Crippen LogP contribution in [0.15, 0.2) is 0 Å². The second-order valence-electron chi connectivity index (χ2n) is 1.83. The van der Waals surface area contributed by atoms with Crippen LogP contribution in [0, 0.1) is 17.2 Å². The first kappa shape index (κ1) is 8.51. The van der Waals surface area contributed by atoms with E-state index in [1.54, 1.807) is 6.92 Å². The van der Waals surface area contributed by atoms with Crippen LogP contribution in [0.3, 0.4) is 0 Å². The van der Waals surface area contributed by atoms with Crippen LogP contribution >= 0.6 is 11.8 Å². The van der Waals surface area contributed by atoms with Crippen molar-refractivity contribution in [1.29, 1.82) is 5.26 Å². The standard InChI is InChI=1S/C6H9NOS/c1-5(3-7)4-9-6(2)8/h5H,4H2,1-2H3. The van der Waals surface area contributed by atoms with Gasteiger partial charge in [-0.1, -0.05) is 11.8 Å². The summed E-state index contributed by atoms with van der Waals surface area (Å²) in [6.45, 7) is 3.31. The summed E-state index contributed by atoms with van der Waals surface area (Å²) in [5.74, 6) is 0.602. The number of nitrogens with zero attached hydrogens (tertiary/aromatic N) is 1. The first-order chi connectivity index (χ1) is 4.16. The third kappa shape index (κ3) is 5.38. The fourth-order valence-electron chi connectivity index (χ4n) is 0.280. The van der Waals surface area contributed by atoms with Crippen LogP contribution in [0.1, 0.15) is 13.8 Å². The molecule has 1 unspecified atom stereocenters. The fourth-order valence-corrected chi connectivity index (χ4v) is 0.839. The molecule has 0 saturated heterocycles. The molecule has 0 aliphatic heterocycles. The summed E-state index contributed by atoms with van der Waals surface area (Å²) in [5, 5.41) is 8.35. The van der Waals surface area contributed by atoms with Crippen molar-refractivity contribution < 1.29 is 4.79 Å². The second-order valence-corrected chi connectivity index (χ2v) is 3.03. The summed E-state index contributed by atoms with van der Waals surface area (Å²) >= 11 is 1.20. The highest BCUT2D eigenvalue weighted by Gasteiger charge is 2.00. The highest BCUT2D eigenvalue weighted by Crippen LogP contribution is 2.06. The molecule has 0 aromatic carbocycles. The van der Waals surface area contributed by atoms with E-state index in [9.17, 15) is 4.79 Å². The second kappa shape index (κ2) is 4.39. The van der Waals surface area contributed by atoms with E-state index in [4.69, 9.17) is 5.26 Å². The molecule has 9 heavy (non-hydrogen) atoms. The lowest BCUT2D eigenvalue weighted by atomic mass is 10.3. The van der Waals surface area contributed by atoms with Crippen LogP contribution in [0.2, 0.25) is 0 Å². The SMILES string of the molecule is CC(=O)SCC(C)C#N. The molecular formula is C6H9NOS. The van der Waals surface area contributed by atoms with Crippen LogP contribution in [0.25, 0.3) is 0 Å². The van der Waals surface area contributed by atoms with Gasteiger partial charge in [0.15, 0.2) is 5.12 Å². The Morgan fingerprint density at radius 3 is 2.78 bits per heavy atom. The molecular weight excluding hydrogens is 134 g/mol. The maximum absolute atomic E-state index is 10.3. The van der Waals surface area contributed by atoms with Crippen molar-refractivity contribution in [2.24, 2.45) is 5.92 Å². The van der Waals surface area contributed by atoms with Gasteiger partial charge in [-0.25, -0.2) is 0 Å². The number of thioether (sulfide) groups is 1. The average molecular weight is 143 g/mol. The molecule has 0 rings (SSSR count). The molecule has 0 aromatic heterocycles. The molecule has 1 atom stereocenters. The van der Waals surface area contributed by atoms with E-state index in [1.165, 1.54) is 18.7 Å². The maximum Gasteiger partial charge on any atom is 0.185 e. The van der Waals surface area contributed by atoms with Gasteiger partial charge in [-0.15, -0.1) is 0 Å². The van der Waals surface area contributed by atoms with Crippen molar-refractivity contribution in [3.63, 3.8) is 0 Å². The van der Waals surface area contributed by atoms with Gasteiger partial charge in [0.25, 0.3) is 0 Å². The Morgan fingerprint density at radius 1 is 1.89 bits per heavy atom. The van der Waals surface area contributed by atoms with Crippen molar-refractivity contribution in [2.75, 3.05) is 5.75 Å². The fraction of sp³-hybridized carbons (Fsp3) is 0.667. The Kier molecular flexibility index (Phi) is 4.16. The molecule has 0 spiro atoms. The van der Waals surface area contributed by atoms with Gasteiger partial charge in [-0.2, -0.15) is 5.26 Å². The lowest BCUT2D eigenvalue weighted by molar-refractivity contribution is -0.109. The first-order valence-corrected chi connectivity index (χ1v) is 3.68. The number of carbonyl (C=O) groups is 1. The van der Waals surface area contributed by atoms with E-state index in [-0.39, 0.29) is 11.0 Å². The lowest BCUT2D eigenvalue weighted by Gasteiger charge is -1.95. The molecule has 0 bridgehead atoms. The summed E-state index contributed by atoms with van der Waals surface area (Å²) in [7, 11) is 0. The van der Waals surface area contributed by atoms with Crippen molar-refractivity contribution in [1.82, 2.24) is 0 Å². The van der Waals surface area contributed by atoms with Crippen LogP contribution in [0.4, 0.5) is 0 Å². The third-order valence-electron chi connectivity index (χ3n) is 0.757. The molecule has 0 heterocycles. The van der Waals surface area contributed by atoms with Gasteiger partial charge in [-0.05, 0) is 6.92 Å². The lowest BCUT2D eigenvalue weighted by Crippen LogP contribution is -1.95. The van der Waals surface area contributed by atoms with Crippen LogP contribution in [0.5, 0.6) is 0 Å². The molecule has 3 heteroatoms. The van der Waals surface area contributed by atoms with E-state index < -0.39 is 0 Å². The largest absolute Gasteiger partial charge is 0.288 e. The smallest absolute Gasteiger partial charge is 0.185 e. The summed E-state index contributed by atoms with van der Waals surface area (Å²) in [6, 6.07) is 2.05. The van der Waals surface area contributed by atoms with E-state index in [0.29, 0.717) is 5.75 Å². The van der Waals surface area contributed by atoms with Gasteiger partial charge in [-0.3, -0.25) is 4.79 Å². The highest BCUT2D eigenvalue weighted by molar-refractivity contribution is 8.13. The number of hydrogen-bond acceptors (Lipinski definition) is 3. The van der Waals surface area contributed by atoms with Gasteiger partial charge in [0, 0.05) is 12.7 Å². The highest BCUT2D eigenvalue weighted by atomic mass is 32.2. The van der Waals surface area contributed by atoms with E-state index >= 15 is 0 Å². The third-order valence-corrected chi connectivity index (χ3v) is 1.83. The Labute approximate surface area is 59.2 Å². The number of hydrogen-bond donors (Lipinski definition) is 0. The van der Waals surface area contributed by atoms with Gasteiger partial charge in [0.1, 0.15) is 0 Å². The molecule has 0 saturated carbocycles. The normalized spacial score (nSPS) is 12.1. The molecule has 0 fully saturated rings. The van der Waals surface area contributed by atoms with Crippen molar-refractivity contribution >= 4 is 16.9 Å². The minimum Gasteiger partial charge on any atom is -0.288 e. The number of carbonyl (C=O) groups excluding carboxylic acids is 1. The Balaban J connectivity index is 3.30. The first-order valence-electron chi connectivity index (χ1n) is 2.69. The van der Waals surface area contributed by atoms with Gasteiger partial charge in [0.2, 0.25) is 0 Å². The van der Waals surface area contributed by atoms with Crippen LogP contribution in [-0.2, 0) is 4.79 Å². The minimum atomic E-state index is -0.0149. The van der Waals surface area contributed by atoms with E-state index in [1.807, 2.05) is 6.07 Å². The monoisotopic (exact) mass is 143 g/mol. The zero-order valence-corrected chi connectivity index (χ0v) is 6.36. The Hall–Kier alpha value is -0.490. The van der Waals surface area contributed by atoms with Crippen LogP contribution < -0.4 is 0 Å². The van der Waals surface area contributed by atoms with Gasteiger partial charge >= 0.3 is 0 Å². The molecule has 50 valence electrons. The van der Waals surface area contributed by atoms with Gasteiger partial charge < -0.3 is 0 Å². The average Bonchev–Trinajstić information content (AvgIpc) is 1.83. The summed E-state index contributed by atoms with van der Waals surface area (Å²) in [5.41, 5.74) is 0. The summed E-state index contributed by atoms with van der Waals surface area (Å²) in [6.07, 6.45) is 0. The van der Waals surface area contributed by atoms with Gasteiger partial charge in [0.05, 0.1) is 12.0 Å². The molecule has 0 amide bonds. The predicted octanol–water partition coefficient (Wildman–Crippen LogP) is 1.43. The summed E-state index contributed by atoms with van der Waals surface area (Å²) in [4.78, 5) is 10.3. The molecule has 0 radical (unpaired) electrons. The summed E-state index contributed by atoms with van der Waals surface area (Å²) < 4.78 is 0. The topological polar surface area (TPSA) is 40.9 Å². The zero-order valence-electron chi connectivity index (χ0n) is 5.55. The predicted molar refractivity (Wildman–Crippen MR) is 37.9 cm³/mol. The molecule has 0 N–H and O–H groups in total. The van der Waals surface area contributed by atoms with Crippen molar-refractivity contribution in [2.45, 2.75) is 13.8 Å². The maximum atomic E-state index is 10.3. The quantitative estimate of drug-likeness (QED) is 0.587. The van der Waals surface area contributed by atoms with Crippen LogP contribution in [-0.4, -0.2) is 10.9 Å². The number of rotatable bonds is 2. The van der Waals surface area contributed by atoms with Crippen molar-refractivity contribution in [3.05, 3.63) is 0 Å². The Bertz CT molecular complexity index is 138. The number of nitriles is 1. The zero-order chi connectivity index (χ0) is 7.28. The minimum absolute atomic E-state index is 0.0149. The van der Waals surface area contributed by atoms with E-state index in [0.717, 1.165) is 0 Å². The molecule has 2 nitrogen and oxygen atoms in total. The molecule has 0 aliphatic carbocycles. The molecule has 0 aliphatic rings. The Morgan fingerprint density at radius 2 is 2.44 bits per heavy atom.